The largest absolute Gasteiger partial charge is 0.491 e. The first-order valence-corrected chi connectivity index (χ1v) is 25.1. The highest BCUT2D eigenvalue weighted by atomic mass is 35.5. The molecule has 2 saturated heterocycles. The minimum atomic E-state index is -1.48. The van der Waals surface area contributed by atoms with Gasteiger partial charge in [-0.1, -0.05) is 35.3 Å². The predicted octanol–water partition coefficient (Wildman–Crippen LogP) is 9.38. The Hall–Kier alpha value is -6.18. The molecule has 0 radical (unpaired) electrons. The third-order valence-corrected chi connectivity index (χ3v) is 15.0. The summed E-state index contributed by atoms with van der Waals surface area (Å²) in [4.78, 5) is 37.4. The molecule has 19 heteroatoms. The lowest BCUT2D eigenvalue weighted by molar-refractivity contribution is -0.145. The summed E-state index contributed by atoms with van der Waals surface area (Å²) in [5.74, 6) is 0.210. The first-order chi connectivity index (χ1) is 34.9. The highest BCUT2D eigenvalue weighted by molar-refractivity contribution is 7.22. The van der Waals surface area contributed by atoms with Crippen LogP contribution in [0.25, 0.3) is 43.0 Å². The number of rotatable bonds is 11. The van der Waals surface area contributed by atoms with Gasteiger partial charge in [-0.2, -0.15) is 0 Å². The van der Waals surface area contributed by atoms with E-state index in [0.717, 1.165) is 31.7 Å². The number of halogens is 3. The second kappa shape index (κ2) is 21.9. The number of aliphatic carboxylic acids is 1. The Morgan fingerprint density at radius 2 is 1.58 bits per heavy atom. The molecule has 7 aromatic rings. The smallest absolute Gasteiger partial charge is 0.345 e. The molecule has 0 unspecified atom stereocenters. The number of hydrogen-bond acceptors (Lipinski definition) is 15. The molecule has 4 aliphatic heterocycles. The fourth-order valence-corrected chi connectivity index (χ4v) is 10.7. The molecule has 1 N–H and O–H groups in total. The third kappa shape index (κ3) is 10.9. The first kappa shape index (κ1) is 49.4. The van der Waals surface area contributed by atoms with E-state index in [1.165, 1.54) is 36.1 Å². The molecule has 72 heavy (non-hydrogen) atoms. The van der Waals surface area contributed by atoms with Crippen molar-refractivity contribution in [3.8, 4) is 61.7 Å². The number of carbonyl (C=O) groups is 1. The van der Waals surface area contributed by atoms with Crippen molar-refractivity contribution in [2.75, 3.05) is 72.8 Å². The number of benzene rings is 4. The van der Waals surface area contributed by atoms with Gasteiger partial charge in [0.2, 0.25) is 12.0 Å². The van der Waals surface area contributed by atoms with Gasteiger partial charge in [-0.3, -0.25) is 4.90 Å². The van der Waals surface area contributed by atoms with Crippen LogP contribution in [0.5, 0.6) is 28.9 Å². The summed E-state index contributed by atoms with van der Waals surface area (Å²) >= 11 is 16.0. The van der Waals surface area contributed by atoms with Gasteiger partial charge in [0.25, 0.3) is 0 Å². The van der Waals surface area contributed by atoms with Gasteiger partial charge in [0.1, 0.15) is 72.6 Å². The number of ether oxygens (including phenoxy) is 7. The quantitative estimate of drug-likeness (QED) is 0.130. The van der Waals surface area contributed by atoms with Gasteiger partial charge in [-0.25, -0.2) is 29.1 Å². The molecule has 0 spiro atoms. The third-order valence-electron chi connectivity index (χ3n) is 12.9. The number of nitrogens with zero attached hydrogens (tertiary/aromatic N) is 6. The lowest BCUT2D eigenvalue weighted by Gasteiger charge is -2.35. The summed E-state index contributed by atoms with van der Waals surface area (Å²) in [6, 6.07) is 20.8. The first-order valence-electron chi connectivity index (χ1n) is 23.6. The molecular weight excluding hydrogens is 987 g/mol. The number of piperazine rings is 1. The molecule has 3 atom stereocenters. The van der Waals surface area contributed by atoms with Gasteiger partial charge in [0.05, 0.1) is 46.6 Å². The average Bonchev–Trinajstić information content (AvgIpc) is 3.78. The average molecular weight is 1040 g/mol. The molecule has 2 fully saturated rings. The van der Waals surface area contributed by atoms with Gasteiger partial charge < -0.3 is 43.2 Å². The summed E-state index contributed by atoms with van der Waals surface area (Å²) in [5.41, 5.74) is 5.84. The van der Waals surface area contributed by atoms with E-state index in [2.05, 4.69) is 36.8 Å². The Balaban J connectivity index is 1.01. The summed E-state index contributed by atoms with van der Waals surface area (Å²) < 4.78 is 57.9. The van der Waals surface area contributed by atoms with E-state index in [9.17, 15) is 14.3 Å². The van der Waals surface area contributed by atoms with Crippen LogP contribution in [0, 0.1) is 19.7 Å². The molecule has 0 saturated carbocycles. The predicted molar refractivity (Wildman–Crippen MR) is 272 cm³/mol. The van der Waals surface area contributed by atoms with Crippen molar-refractivity contribution in [3.63, 3.8) is 0 Å². The molecule has 11 rings (SSSR count). The van der Waals surface area contributed by atoms with E-state index >= 15 is 0 Å². The molecule has 15 nitrogen and oxygen atoms in total. The maximum Gasteiger partial charge on any atom is 0.345 e. The lowest BCUT2D eigenvalue weighted by Crippen LogP contribution is -2.49. The molecule has 0 aliphatic carbocycles. The van der Waals surface area contributed by atoms with Crippen LogP contribution in [0.15, 0.2) is 85.5 Å². The molecule has 3 aromatic heterocycles. The Morgan fingerprint density at radius 3 is 2.32 bits per heavy atom. The van der Waals surface area contributed by atoms with Crippen LogP contribution in [-0.4, -0.2) is 132 Å². The Kier molecular flexibility index (Phi) is 15.0. The van der Waals surface area contributed by atoms with Crippen LogP contribution in [0.2, 0.25) is 10.0 Å². The van der Waals surface area contributed by atoms with Crippen molar-refractivity contribution in [1.29, 1.82) is 0 Å². The standard InChI is InChI=1S/C53H51Cl2FN6O9S/c1-30-44-31(2)48(55)49(47(30)54)70-39(23-62-16-14-61(3)15-17-62)26-68-38-12-13-42(69-24-36-22-41(58-28-57-36)32-6-10-37(11-7-32)67-27-40-25-65-18-19-66-40)34(20-38)21-43(53(63)64)71-51-46-45(44)50(72-52(46)60-29-59-51)33-4-8-35(56)9-5-33/h4-13,20,22,28-29,39-40,43H,14-19,21,23-27H2,1-3H3,(H,63,64)/t39-,40-,43-/m1/s1. The van der Waals surface area contributed by atoms with Crippen molar-refractivity contribution in [2.24, 2.45) is 0 Å². The van der Waals surface area contributed by atoms with E-state index in [0.29, 0.717) is 126 Å². The minimum absolute atomic E-state index is 0.0192. The van der Waals surface area contributed by atoms with E-state index < -0.39 is 24.0 Å². The molecule has 4 bridgehead atoms. The fraction of sp³-hybridized carbons (Fsp3) is 0.340. The fourth-order valence-electron chi connectivity index (χ4n) is 9.04. The number of fused-ring (bicyclic) bond motifs is 7. The van der Waals surface area contributed by atoms with E-state index in [4.69, 9.17) is 56.4 Å². The molecule has 4 aromatic carbocycles. The molecular formula is C53H51Cl2FN6O9S. The number of carboxylic acids is 1. The van der Waals surface area contributed by atoms with Crippen LogP contribution in [0.3, 0.4) is 0 Å². The summed E-state index contributed by atoms with van der Waals surface area (Å²) in [5, 5.41) is 11.9. The van der Waals surface area contributed by atoms with Crippen LogP contribution in [0.4, 0.5) is 4.39 Å². The number of carboxylic acid groups (broad SMARTS) is 1. The van der Waals surface area contributed by atoms with E-state index in [1.54, 1.807) is 30.3 Å². The zero-order chi connectivity index (χ0) is 49.9. The van der Waals surface area contributed by atoms with Crippen LogP contribution in [0.1, 0.15) is 22.4 Å². The van der Waals surface area contributed by atoms with Gasteiger partial charge in [-0.15, -0.1) is 11.3 Å². The highest BCUT2D eigenvalue weighted by Gasteiger charge is 2.32. The number of hydrogen-bond donors (Lipinski definition) is 1. The topological polar surface area (TPSA) is 160 Å². The van der Waals surface area contributed by atoms with Gasteiger partial charge >= 0.3 is 5.97 Å². The Labute approximate surface area is 429 Å². The Bertz CT molecular complexity index is 3050. The molecule has 4 aliphatic rings. The van der Waals surface area contributed by atoms with Crippen molar-refractivity contribution in [1.82, 2.24) is 29.7 Å². The van der Waals surface area contributed by atoms with Crippen molar-refractivity contribution < 1.29 is 47.4 Å². The van der Waals surface area contributed by atoms with E-state index in [-0.39, 0.29) is 31.6 Å². The normalized spacial score (nSPS) is 18.7. The summed E-state index contributed by atoms with van der Waals surface area (Å²) in [6.07, 6.45) is 0.499. The zero-order valence-electron chi connectivity index (χ0n) is 39.7. The maximum atomic E-state index is 14.4. The second-order valence-electron chi connectivity index (χ2n) is 17.9. The lowest BCUT2D eigenvalue weighted by atomic mass is 9.92. The van der Waals surface area contributed by atoms with Crippen molar-refractivity contribution in [3.05, 3.63) is 124 Å². The minimum Gasteiger partial charge on any atom is -0.491 e. The van der Waals surface area contributed by atoms with Gasteiger partial charge in [0, 0.05) is 60.7 Å². The summed E-state index contributed by atoms with van der Waals surface area (Å²) in [6.45, 7) is 9.84. The molecule has 7 heterocycles. The number of thiophene rings is 1. The maximum absolute atomic E-state index is 14.4. The zero-order valence-corrected chi connectivity index (χ0v) is 42.1. The molecule has 0 amide bonds. The van der Waals surface area contributed by atoms with Crippen molar-refractivity contribution >= 4 is 50.7 Å². The monoisotopic (exact) mass is 1040 g/mol. The van der Waals surface area contributed by atoms with Gasteiger partial charge in [-0.05, 0) is 104 Å². The summed E-state index contributed by atoms with van der Waals surface area (Å²) in [7, 11) is 2.10. The SMILES string of the molecule is Cc1c(Cl)c2c(Cl)c(C)c1-c1c(-c3ccc(F)cc3)sc3ncnc(c13)O[C@@H](C(=O)O)Cc1cc(ccc1OCc1cc(-c3ccc(OC[C@H]4COCCO4)cc3)ncn1)OC[C@@H](CN1CCN(C)CC1)O2. The highest BCUT2D eigenvalue weighted by Crippen LogP contribution is 2.53. The van der Waals surface area contributed by atoms with Crippen LogP contribution < -0.4 is 23.7 Å². The van der Waals surface area contributed by atoms with Crippen molar-refractivity contribution in [2.45, 2.75) is 45.2 Å². The number of aromatic nitrogens is 4. The van der Waals surface area contributed by atoms with Crippen LogP contribution in [-0.2, 0) is 27.3 Å². The second-order valence-corrected chi connectivity index (χ2v) is 19.7. The number of likely N-dealkylation sites (N-methyl/N-ethyl adjacent to an activating group) is 1. The van der Waals surface area contributed by atoms with Gasteiger partial charge in [0.15, 0.2) is 5.75 Å². The molecule has 374 valence electrons. The Morgan fingerprint density at radius 1 is 0.833 bits per heavy atom. The van der Waals surface area contributed by atoms with Crippen LogP contribution >= 0.6 is 34.5 Å². The van der Waals surface area contributed by atoms with E-state index in [1.807, 2.05) is 44.2 Å².